The fourth-order valence-electron chi connectivity index (χ4n) is 2.80. The van der Waals surface area contributed by atoms with E-state index in [1.54, 1.807) is 21.3 Å². The van der Waals surface area contributed by atoms with E-state index < -0.39 is 0 Å². The lowest BCUT2D eigenvalue weighted by Gasteiger charge is -2.15. The summed E-state index contributed by atoms with van der Waals surface area (Å²) in [4.78, 5) is 3.18. The second-order valence-electron chi connectivity index (χ2n) is 5.92. The molecular weight excluding hydrogens is 348 g/mol. The van der Waals surface area contributed by atoms with E-state index in [-0.39, 0.29) is 0 Å². The summed E-state index contributed by atoms with van der Waals surface area (Å²) in [6.07, 6.45) is 1.88. The third-order valence-electron chi connectivity index (χ3n) is 4.19. The number of hydrogen-bond acceptors (Lipinski definition) is 6. The molecule has 0 unspecified atom stereocenters. The Labute approximate surface area is 157 Å². The predicted octanol–water partition coefficient (Wildman–Crippen LogP) is 4.57. The van der Waals surface area contributed by atoms with Gasteiger partial charge < -0.3 is 19.1 Å². The summed E-state index contributed by atoms with van der Waals surface area (Å²) < 4.78 is 20.8. The van der Waals surface area contributed by atoms with Gasteiger partial charge in [-0.1, -0.05) is 12.1 Å². The van der Waals surface area contributed by atoms with E-state index in [0.29, 0.717) is 17.2 Å². The molecule has 0 atom stereocenters. The summed E-state index contributed by atoms with van der Waals surface area (Å²) in [5.74, 6) is 1.84. The van der Waals surface area contributed by atoms with Crippen molar-refractivity contribution in [3.05, 3.63) is 42.6 Å². The first kappa shape index (κ1) is 18.1. The molecule has 0 aliphatic carbocycles. The highest BCUT2D eigenvalue weighted by Gasteiger charge is 2.17. The van der Waals surface area contributed by atoms with Crippen LogP contribution in [0.5, 0.6) is 17.2 Å². The van der Waals surface area contributed by atoms with E-state index in [0.717, 1.165) is 27.3 Å². The summed E-state index contributed by atoms with van der Waals surface area (Å²) in [6, 6.07) is 12.3. The van der Waals surface area contributed by atoms with Crippen molar-refractivity contribution < 1.29 is 14.2 Å². The molecule has 0 radical (unpaired) electrons. The Hall–Kier alpha value is -2.73. The van der Waals surface area contributed by atoms with E-state index >= 15 is 0 Å². The van der Waals surface area contributed by atoms with Gasteiger partial charge in [0.1, 0.15) is 0 Å². The minimum absolute atomic E-state index is 0.582. The molecule has 0 aliphatic rings. The Balaban J connectivity index is 2.08. The molecule has 0 amide bonds. The molecule has 0 saturated heterocycles. The zero-order valence-corrected chi connectivity index (χ0v) is 16.4. The quantitative estimate of drug-likeness (QED) is 0.636. The number of benzene rings is 2. The molecule has 3 aromatic rings. The smallest absolute Gasteiger partial charge is 0.203 e. The van der Waals surface area contributed by atoms with Crippen LogP contribution in [0.1, 0.15) is 0 Å². The van der Waals surface area contributed by atoms with Gasteiger partial charge in [0, 0.05) is 31.5 Å². The molecule has 0 saturated carbocycles. The Morgan fingerprint density at radius 1 is 0.846 bits per heavy atom. The van der Waals surface area contributed by atoms with E-state index in [9.17, 15) is 0 Å². The monoisotopic (exact) mass is 370 g/mol. The van der Waals surface area contributed by atoms with E-state index in [2.05, 4.69) is 33.5 Å². The van der Waals surface area contributed by atoms with Gasteiger partial charge in [-0.3, -0.25) is 0 Å². The second kappa shape index (κ2) is 7.66. The van der Waals surface area contributed by atoms with Gasteiger partial charge in [0.15, 0.2) is 11.5 Å². The van der Waals surface area contributed by atoms with Crippen molar-refractivity contribution in [1.82, 2.24) is 4.37 Å². The molecule has 136 valence electrons. The van der Waals surface area contributed by atoms with Crippen molar-refractivity contribution in [2.45, 2.75) is 0 Å². The first-order valence-corrected chi connectivity index (χ1v) is 8.89. The Kier molecular flexibility index (Phi) is 5.32. The van der Waals surface area contributed by atoms with Crippen molar-refractivity contribution in [3.63, 3.8) is 0 Å². The minimum Gasteiger partial charge on any atom is -0.493 e. The van der Waals surface area contributed by atoms with Gasteiger partial charge in [0.2, 0.25) is 5.75 Å². The number of rotatable bonds is 6. The minimum atomic E-state index is 0.582. The maximum absolute atomic E-state index is 5.48. The highest BCUT2D eigenvalue weighted by Crippen LogP contribution is 2.44. The number of methoxy groups -OCH3 is 3. The molecule has 3 rings (SSSR count). The molecule has 0 bridgehead atoms. The lowest BCUT2D eigenvalue weighted by atomic mass is 10.0. The highest BCUT2D eigenvalue weighted by molar-refractivity contribution is 7.10. The van der Waals surface area contributed by atoms with Gasteiger partial charge in [-0.05, 0) is 46.9 Å². The number of nitrogens with zero attached hydrogens (tertiary/aromatic N) is 2. The third-order valence-corrected chi connectivity index (χ3v) is 5.04. The SMILES string of the molecule is COc1cc(-c2cnsc2-c2ccc(N(C)C)cc2)cc(OC)c1OC. The molecule has 0 N–H and O–H groups in total. The first-order chi connectivity index (χ1) is 12.6. The van der Waals surface area contributed by atoms with Crippen LogP contribution in [0.4, 0.5) is 5.69 Å². The molecular formula is C20H22N2O3S. The standard InChI is InChI=1S/C20H22N2O3S/c1-22(2)15-8-6-13(7-9-15)20-16(12-21-26-20)14-10-17(23-3)19(25-5)18(11-14)24-4/h6-12H,1-5H3. The Morgan fingerprint density at radius 3 is 1.96 bits per heavy atom. The van der Waals surface area contributed by atoms with Gasteiger partial charge in [-0.15, -0.1) is 0 Å². The average Bonchev–Trinajstić information content (AvgIpc) is 3.16. The zero-order chi connectivity index (χ0) is 18.7. The Morgan fingerprint density at radius 2 is 1.46 bits per heavy atom. The topological polar surface area (TPSA) is 43.8 Å². The predicted molar refractivity (Wildman–Crippen MR) is 107 cm³/mol. The zero-order valence-electron chi connectivity index (χ0n) is 15.6. The van der Waals surface area contributed by atoms with Crippen molar-refractivity contribution in [2.75, 3.05) is 40.3 Å². The molecule has 0 aliphatic heterocycles. The van der Waals surface area contributed by atoms with Crippen LogP contribution < -0.4 is 19.1 Å². The molecule has 6 heteroatoms. The fourth-order valence-corrected chi connectivity index (χ4v) is 3.57. The summed E-state index contributed by atoms with van der Waals surface area (Å²) in [6.45, 7) is 0. The largest absolute Gasteiger partial charge is 0.493 e. The molecule has 2 aromatic carbocycles. The number of anilines is 1. The molecule has 1 heterocycles. The lowest BCUT2D eigenvalue weighted by Crippen LogP contribution is -2.07. The van der Waals surface area contributed by atoms with Crippen LogP contribution in [0.3, 0.4) is 0 Å². The maximum Gasteiger partial charge on any atom is 0.203 e. The van der Waals surface area contributed by atoms with Crippen molar-refractivity contribution in [3.8, 4) is 38.8 Å². The number of aromatic nitrogens is 1. The fraction of sp³-hybridized carbons (Fsp3) is 0.250. The van der Waals surface area contributed by atoms with Crippen LogP contribution in [0.2, 0.25) is 0 Å². The van der Waals surface area contributed by atoms with Crippen molar-refractivity contribution in [1.29, 1.82) is 0 Å². The first-order valence-electron chi connectivity index (χ1n) is 8.11. The second-order valence-corrected chi connectivity index (χ2v) is 6.73. The summed E-state index contributed by atoms with van der Waals surface area (Å²) >= 11 is 1.47. The van der Waals surface area contributed by atoms with Gasteiger partial charge in [0.25, 0.3) is 0 Å². The van der Waals surface area contributed by atoms with Crippen LogP contribution >= 0.6 is 11.5 Å². The number of hydrogen-bond donors (Lipinski definition) is 0. The van der Waals surface area contributed by atoms with Gasteiger partial charge in [0.05, 0.1) is 26.2 Å². The molecule has 0 fully saturated rings. The highest BCUT2D eigenvalue weighted by atomic mass is 32.1. The van der Waals surface area contributed by atoms with Crippen LogP contribution in [-0.2, 0) is 0 Å². The van der Waals surface area contributed by atoms with Gasteiger partial charge in [-0.2, -0.15) is 4.37 Å². The summed E-state index contributed by atoms with van der Waals surface area (Å²) in [5, 5.41) is 0. The maximum atomic E-state index is 5.48. The van der Waals surface area contributed by atoms with Crippen LogP contribution in [0.15, 0.2) is 42.6 Å². The van der Waals surface area contributed by atoms with Crippen molar-refractivity contribution >= 4 is 17.2 Å². The van der Waals surface area contributed by atoms with Crippen molar-refractivity contribution in [2.24, 2.45) is 0 Å². The van der Waals surface area contributed by atoms with E-state index in [1.807, 2.05) is 32.4 Å². The third kappa shape index (κ3) is 3.32. The lowest BCUT2D eigenvalue weighted by molar-refractivity contribution is 0.324. The molecule has 1 aromatic heterocycles. The van der Waals surface area contributed by atoms with Crippen LogP contribution in [0, 0.1) is 0 Å². The van der Waals surface area contributed by atoms with Gasteiger partial charge in [-0.25, -0.2) is 0 Å². The normalized spacial score (nSPS) is 10.5. The van der Waals surface area contributed by atoms with Crippen LogP contribution in [-0.4, -0.2) is 39.8 Å². The van der Waals surface area contributed by atoms with E-state index in [1.165, 1.54) is 11.5 Å². The molecule has 0 spiro atoms. The van der Waals surface area contributed by atoms with Crippen LogP contribution in [0.25, 0.3) is 21.6 Å². The van der Waals surface area contributed by atoms with Gasteiger partial charge >= 0.3 is 0 Å². The molecule has 5 nitrogen and oxygen atoms in total. The Bertz CT molecular complexity index is 863. The summed E-state index contributed by atoms with van der Waals surface area (Å²) in [7, 11) is 8.90. The number of ether oxygens (including phenoxy) is 3. The van der Waals surface area contributed by atoms with E-state index in [4.69, 9.17) is 14.2 Å². The molecule has 26 heavy (non-hydrogen) atoms. The average molecular weight is 370 g/mol. The summed E-state index contributed by atoms with van der Waals surface area (Å²) in [5.41, 5.74) is 4.29.